The number of nitrogens with zero attached hydrogens (tertiary/aromatic N) is 3. The molecule has 0 saturated carbocycles. The Balaban J connectivity index is 1.30. The number of thiophene rings is 1. The summed E-state index contributed by atoms with van der Waals surface area (Å²) < 4.78 is 2.26. The Labute approximate surface area is 182 Å². The first-order valence-electron chi connectivity index (χ1n) is 10.4. The van der Waals surface area contributed by atoms with E-state index < -0.39 is 0 Å². The summed E-state index contributed by atoms with van der Waals surface area (Å²) in [6.07, 6.45) is 5.14. The summed E-state index contributed by atoms with van der Waals surface area (Å²) in [5.41, 5.74) is 3.86. The number of para-hydroxylation sites is 2. The summed E-state index contributed by atoms with van der Waals surface area (Å²) in [5, 5.41) is 4.30. The summed E-state index contributed by atoms with van der Waals surface area (Å²) in [7, 11) is 0. The number of nitrogens with one attached hydrogen (secondary N) is 2. The molecule has 31 heavy (non-hydrogen) atoms. The van der Waals surface area contributed by atoms with Crippen molar-refractivity contribution in [3.05, 3.63) is 75.4 Å². The van der Waals surface area contributed by atoms with Gasteiger partial charge in [0.05, 0.1) is 33.5 Å². The Hall–Kier alpha value is -3.39. The van der Waals surface area contributed by atoms with Gasteiger partial charge >= 0.3 is 0 Å². The van der Waals surface area contributed by atoms with Crippen LogP contribution >= 0.6 is 11.3 Å². The molecule has 0 bridgehead atoms. The molecule has 8 heteroatoms. The summed E-state index contributed by atoms with van der Waals surface area (Å²) >= 11 is 1.31. The van der Waals surface area contributed by atoms with Crippen molar-refractivity contribution in [1.82, 2.24) is 19.4 Å². The number of aryl methyl sites for hydroxylation is 1. The molecule has 4 aromatic rings. The van der Waals surface area contributed by atoms with Crippen LogP contribution in [0.2, 0.25) is 0 Å². The van der Waals surface area contributed by atoms with Crippen LogP contribution in [-0.4, -0.2) is 38.4 Å². The van der Waals surface area contributed by atoms with E-state index in [4.69, 9.17) is 0 Å². The van der Waals surface area contributed by atoms with Gasteiger partial charge in [0.15, 0.2) is 0 Å². The summed E-state index contributed by atoms with van der Waals surface area (Å²) in [4.78, 5) is 35.5. The zero-order chi connectivity index (χ0) is 21.2. The Morgan fingerprint density at radius 3 is 2.77 bits per heavy atom. The van der Waals surface area contributed by atoms with Gasteiger partial charge in [0.25, 0.3) is 11.5 Å². The van der Waals surface area contributed by atoms with Crippen molar-refractivity contribution in [2.75, 3.05) is 18.4 Å². The molecule has 2 aliphatic heterocycles. The number of anilines is 1. The van der Waals surface area contributed by atoms with E-state index in [9.17, 15) is 9.59 Å². The van der Waals surface area contributed by atoms with Crippen LogP contribution < -0.4 is 10.9 Å². The molecular weight excluding hydrogens is 410 g/mol. The zero-order valence-electron chi connectivity index (χ0n) is 17.0. The number of aromatic nitrogens is 3. The highest BCUT2D eigenvalue weighted by molar-refractivity contribution is 7.20. The van der Waals surface area contributed by atoms with Gasteiger partial charge in [-0.1, -0.05) is 12.1 Å². The van der Waals surface area contributed by atoms with Crippen molar-refractivity contribution >= 4 is 33.1 Å². The smallest absolute Gasteiger partial charge is 0.264 e. The van der Waals surface area contributed by atoms with Gasteiger partial charge in [-0.2, -0.15) is 0 Å². The lowest BCUT2D eigenvalue weighted by Gasteiger charge is -2.46. The lowest BCUT2D eigenvalue weighted by molar-refractivity contribution is 0.0681. The quantitative estimate of drug-likeness (QED) is 0.482. The topological polar surface area (TPSA) is 83.0 Å². The molecule has 1 aromatic carbocycles. The van der Waals surface area contributed by atoms with Crippen LogP contribution in [0, 0.1) is 6.92 Å². The fraction of sp³-hybridized carbons (Fsp3) is 0.261. The van der Waals surface area contributed by atoms with E-state index in [1.54, 1.807) is 0 Å². The number of rotatable bonds is 1. The monoisotopic (exact) mass is 431 g/mol. The Bertz CT molecular complexity index is 1390. The van der Waals surface area contributed by atoms with Crippen LogP contribution in [0.5, 0.6) is 0 Å². The van der Waals surface area contributed by atoms with Crippen LogP contribution in [0.4, 0.5) is 5.69 Å². The van der Waals surface area contributed by atoms with Crippen LogP contribution in [0.25, 0.3) is 15.9 Å². The van der Waals surface area contributed by atoms with Crippen molar-refractivity contribution in [3.8, 4) is 5.69 Å². The maximum Gasteiger partial charge on any atom is 0.264 e. The van der Waals surface area contributed by atoms with Crippen molar-refractivity contribution in [2.45, 2.75) is 25.3 Å². The molecule has 6 rings (SSSR count). The number of aromatic amines is 1. The number of hydrogen-bond donors (Lipinski definition) is 2. The lowest BCUT2D eigenvalue weighted by Crippen LogP contribution is -2.51. The van der Waals surface area contributed by atoms with Crippen LogP contribution in [0.1, 0.15) is 33.8 Å². The molecule has 7 nitrogen and oxygen atoms in total. The minimum absolute atomic E-state index is 0.0126. The van der Waals surface area contributed by atoms with Gasteiger partial charge < -0.3 is 19.8 Å². The molecule has 1 saturated heterocycles. The number of benzene rings is 1. The van der Waals surface area contributed by atoms with Crippen LogP contribution in [0.3, 0.4) is 0 Å². The van der Waals surface area contributed by atoms with Gasteiger partial charge in [-0.05, 0) is 49.6 Å². The number of carbonyl (C=O) groups is 1. The molecule has 2 aliphatic rings. The highest BCUT2D eigenvalue weighted by atomic mass is 32.1. The first kappa shape index (κ1) is 18.4. The van der Waals surface area contributed by atoms with E-state index in [-0.39, 0.29) is 17.0 Å². The van der Waals surface area contributed by atoms with Crippen molar-refractivity contribution < 1.29 is 4.79 Å². The van der Waals surface area contributed by atoms with Gasteiger partial charge in [0, 0.05) is 25.0 Å². The molecule has 0 unspecified atom stereocenters. The molecule has 156 valence electrons. The predicted molar refractivity (Wildman–Crippen MR) is 121 cm³/mol. The van der Waals surface area contributed by atoms with Crippen LogP contribution in [0.15, 0.2) is 53.7 Å². The molecule has 1 spiro atoms. The Morgan fingerprint density at radius 1 is 1.16 bits per heavy atom. The van der Waals surface area contributed by atoms with Gasteiger partial charge in [0.2, 0.25) is 0 Å². The van der Waals surface area contributed by atoms with Gasteiger partial charge in [-0.25, -0.2) is 4.98 Å². The number of hydrogen-bond acceptors (Lipinski definition) is 5. The molecule has 1 amide bonds. The number of piperidine rings is 1. The second-order valence-corrected chi connectivity index (χ2v) is 9.25. The predicted octanol–water partition coefficient (Wildman–Crippen LogP) is 3.64. The lowest BCUT2D eigenvalue weighted by atomic mass is 9.82. The van der Waals surface area contributed by atoms with E-state index in [0.29, 0.717) is 28.2 Å². The standard InChI is InChI=1S/C23H21N5O2S/c1-14-18-20(29)24-13-25-21(18)31-19(14)22(30)27-11-8-23(9-12-27)17-7-4-10-28(17)16-6-3-2-5-15(16)26-23/h2-7,10,13,26H,8-9,11-12H2,1H3,(H,24,25,29). The highest BCUT2D eigenvalue weighted by Gasteiger charge is 2.42. The first-order chi connectivity index (χ1) is 15.1. The van der Waals surface area contributed by atoms with Crippen LogP contribution in [-0.2, 0) is 5.54 Å². The third kappa shape index (κ3) is 2.61. The average molecular weight is 432 g/mol. The van der Waals surface area contributed by atoms with E-state index in [2.05, 4.69) is 56.4 Å². The summed E-state index contributed by atoms with van der Waals surface area (Å²) in [6.45, 7) is 3.13. The Morgan fingerprint density at radius 2 is 1.97 bits per heavy atom. The third-order valence-corrected chi connectivity index (χ3v) is 7.80. The molecule has 1 fully saturated rings. The number of H-pyrrole nitrogens is 1. The van der Waals surface area contributed by atoms with E-state index >= 15 is 0 Å². The molecule has 0 radical (unpaired) electrons. The van der Waals surface area contributed by atoms with Gasteiger partial charge in [-0.15, -0.1) is 11.3 Å². The maximum absolute atomic E-state index is 13.3. The molecular formula is C23H21N5O2S. The van der Waals surface area contributed by atoms with Crippen molar-refractivity contribution in [1.29, 1.82) is 0 Å². The highest BCUT2D eigenvalue weighted by Crippen LogP contribution is 2.43. The van der Waals surface area contributed by atoms with Gasteiger partial charge in [0.1, 0.15) is 4.83 Å². The summed E-state index contributed by atoms with van der Waals surface area (Å²) in [6, 6.07) is 12.6. The largest absolute Gasteiger partial charge is 0.372 e. The molecule has 0 atom stereocenters. The number of likely N-dealkylation sites (tertiary alicyclic amines) is 1. The maximum atomic E-state index is 13.3. The number of fused-ring (bicyclic) bond motifs is 5. The van der Waals surface area contributed by atoms with E-state index in [1.165, 1.54) is 23.4 Å². The normalized spacial score (nSPS) is 16.7. The fourth-order valence-corrected chi connectivity index (χ4v) is 6.11. The van der Waals surface area contributed by atoms with Gasteiger partial charge in [-0.3, -0.25) is 9.59 Å². The minimum atomic E-state index is -0.193. The SMILES string of the molecule is Cc1c(C(=O)N2CCC3(CC2)Nc2ccccc2-n2cccc23)sc2nc[nH]c(=O)c12. The number of carbonyl (C=O) groups excluding carboxylic acids is 1. The molecule has 0 aliphatic carbocycles. The number of amides is 1. The van der Waals surface area contributed by atoms with E-state index in [1.807, 2.05) is 17.9 Å². The third-order valence-electron chi connectivity index (χ3n) is 6.61. The zero-order valence-corrected chi connectivity index (χ0v) is 17.8. The molecule has 2 N–H and O–H groups in total. The second kappa shape index (κ2) is 6.55. The van der Waals surface area contributed by atoms with Crippen molar-refractivity contribution in [3.63, 3.8) is 0 Å². The second-order valence-electron chi connectivity index (χ2n) is 8.25. The first-order valence-corrected chi connectivity index (χ1v) is 11.2. The van der Waals surface area contributed by atoms with Crippen molar-refractivity contribution in [2.24, 2.45) is 0 Å². The van der Waals surface area contributed by atoms with E-state index in [0.717, 1.165) is 29.8 Å². The molecule has 3 aromatic heterocycles. The fourth-order valence-electron chi connectivity index (χ4n) is 4.99. The summed E-state index contributed by atoms with van der Waals surface area (Å²) in [5.74, 6) is -0.0126. The average Bonchev–Trinajstić information content (AvgIpc) is 3.41. The Kier molecular flexibility index (Phi) is 3.89. The minimum Gasteiger partial charge on any atom is -0.372 e. The molecule has 5 heterocycles.